The molecule has 0 aliphatic carbocycles. The lowest BCUT2D eigenvalue weighted by molar-refractivity contribution is -0.384. The van der Waals surface area contributed by atoms with E-state index in [2.05, 4.69) is 18.1 Å². The topological polar surface area (TPSA) is 208 Å². The summed E-state index contributed by atoms with van der Waals surface area (Å²) in [6.07, 6.45) is 0. The summed E-state index contributed by atoms with van der Waals surface area (Å²) in [6, 6.07) is 9.86. The molecule has 2 N–H and O–H groups in total. The van der Waals surface area contributed by atoms with E-state index in [4.69, 9.17) is 5.73 Å². The van der Waals surface area contributed by atoms with E-state index in [1.54, 1.807) is 0 Å². The largest absolute Gasteiger partial charge is 0.399 e. The van der Waals surface area contributed by atoms with E-state index in [1.807, 2.05) is 0 Å². The van der Waals surface area contributed by atoms with E-state index in [1.165, 1.54) is 24.3 Å². The molecule has 0 fully saturated rings. The fourth-order valence-corrected chi connectivity index (χ4v) is 9.98. The van der Waals surface area contributed by atoms with Gasteiger partial charge >= 0.3 is 15.2 Å². The molecule has 0 aliphatic rings. The molecular weight excluding hydrogens is 562 g/mol. The number of nitrogen functional groups attached to an aromatic ring is 1. The first-order valence-electron chi connectivity index (χ1n) is 9.53. The van der Waals surface area contributed by atoms with Gasteiger partial charge in [-0.25, -0.2) is 16.8 Å². The molecule has 2 aromatic rings. The lowest BCUT2D eigenvalue weighted by Gasteiger charge is -2.13. The molecule has 0 aliphatic heterocycles. The third-order valence-electron chi connectivity index (χ3n) is 4.41. The Kier molecular flexibility index (Phi) is 11.4. The molecule has 0 aromatic heterocycles. The van der Waals surface area contributed by atoms with Crippen molar-refractivity contribution in [3.05, 3.63) is 58.6 Å². The predicted octanol–water partition coefficient (Wildman–Crippen LogP) is 3.30. The molecule has 2 rings (SSSR count). The van der Waals surface area contributed by atoms with Gasteiger partial charge < -0.3 is 23.8 Å². The summed E-state index contributed by atoms with van der Waals surface area (Å²) in [5, 5.41) is 10.5. The molecule has 0 atom stereocenters. The van der Waals surface area contributed by atoms with Crippen LogP contribution in [0, 0.1) is 10.1 Å². The Bertz CT molecular complexity index is 1330. The number of nitrogens with zero attached hydrogens (tertiary/aromatic N) is 1. The summed E-state index contributed by atoms with van der Waals surface area (Å²) in [5.41, 5.74) is 4.14. The quantitative estimate of drug-likeness (QED) is 0.173. The van der Waals surface area contributed by atoms with Gasteiger partial charge in [-0.05, 0) is 36.4 Å². The first-order valence-corrected chi connectivity index (χ1v) is 16.3. The molecule has 14 nitrogen and oxygen atoms in total. The fraction of sp³-hybridized carbons (Fsp3) is 0.333. The summed E-state index contributed by atoms with van der Waals surface area (Å²) < 4.78 is 89.5. The van der Waals surface area contributed by atoms with Crippen molar-refractivity contribution in [1.29, 1.82) is 0 Å². The summed E-state index contributed by atoms with van der Waals surface area (Å²) in [7, 11) is -10.5. The zero-order valence-corrected chi connectivity index (χ0v) is 23.1. The highest BCUT2D eigenvalue weighted by molar-refractivity contribution is 7.98. The second-order valence-electron chi connectivity index (χ2n) is 6.76. The number of rotatable bonds is 11. The maximum atomic E-state index is 11.9. The number of benzene rings is 2. The van der Waals surface area contributed by atoms with Gasteiger partial charge in [0, 0.05) is 46.3 Å². The Labute approximate surface area is 208 Å². The average Bonchev–Trinajstić information content (AvgIpc) is 2.84. The Hall–Kier alpha value is -2.16. The minimum Gasteiger partial charge on any atom is -0.399 e. The van der Waals surface area contributed by atoms with Crippen molar-refractivity contribution in [2.45, 2.75) is 9.79 Å². The van der Waals surface area contributed by atoms with Gasteiger partial charge in [0.25, 0.3) is 5.69 Å². The van der Waals surface area contributed by atoms with Crippen LogP contribution in [0.1, 0.15) is 0 Å². The highest BCUT2D eigenvalue weighted by atomic mass is 32.2. The summed E-state index contributed by atoms with van der Waals surface area (Å²) in [4.78, 5) is 9.65. The van der Waals surface area contributed by atoms with Crippen molar-refractivity contribution >= 4 is 46.2 Å². The molecule has 0 heterocycles. The molecule has 2 aromatic carbocycles. The molecule has 202 valence electrons. The summed E-state index contributed by atoms with van der Waals surface area (Å²) in [6.45, 7) is 0. The molecule has 0 spiro atoms. The van der Waals surface area contributed by atoms with Gasteiger partial charge in [-0.3, -0.25) is 19.2 Å². The number of nitrogens with two attached hydrogens (primary N) is 1. The molecule has 0 saturated carbocycles. The fourth-order valence-electron chi connectivity index (χ4n) is 2.38. The molecule has 0 amide bonds. The van der Waals surface area contributed by atoms with Crippen molar-refractivity contribution < 1.29 is 49.0 Å². The van der Waals surface area contributed by atoms with E-state index in [0.29, 0.717) is 5.69 Å². The van der Waals surface area contributed by atoms with Crippen molar-refractivity contribution in [1.82, 2.24) is 0 Å². The maximum absolute atomic E-state index is 11.9. The van der Waals surface area contributed by atoms with Crippen LogP contribution in [0.15, 0.2) is 58.3 Å². The smallest absolute Gasteiger partial charge is 0.345 e. The van der Waals surface area contributed by atoms with E-state index in [-0.39, 0.29) is 15.5 Å². The Morgan fingerprint density at radius 1 is 0.722 bits per heavy atom. The standard InChI is InChI=1S/C9H12NO7PS.C9H14NO5PS/c1-16-18(13,17-2)7-19(14,15)9-5-3-8(4-6-9)10(11)12;1-14-16(11,15-2)7-17(12,13)9-5-3-8(10)4-6-9/h3-6H,7H2,1-2H3;3-6H,7,10H2,1-2H3. The van der Waals surface area contributed by atoms with Gasteiger partial charge in [-0.2, -0.15) is 0 Å². The summed E-state index contributed by atoms with van der Waals surface area (Å²) >= 11 is 0. The van der Waals surface area contributed by atoms with Gasteiger partial charge in [0.15, 0.2) is 30.7 Å². The molecule has 18 heteroatoms. The van der Waals surface area contributed by atoms with Crippen LogP contribution in [0.2, 0.25) is 0 Å². The predicted molar refractivity (Wildman–Crippen MR) is 131 cm³/mol. The second-order valence-corrected chi connectivity index (χ2v) is 16.1. The maximum Gasteiger partial charge on any atom is 0.345 e. The highest BCUT2D eigenvalue weighted by Gasteiger charge is 2.32. The number of nitro benzene ring substituents is 1. The van der Waals surface area contributed by atoms with Crippen LogP contribution in [-0.4, -0.2) is 61.2 Å². The average molecular weight is 588 g/mol. The molecule has 0 saturated heterocycles. The zero-order valence-electron chi connectivity index (χ0n) is 19.7. The molecule has 36 heavy (non-hydrogen) atoms. The van der Waals surface area contributed by atoms with Crippen LogP contribution >= 0.6 is 15.2 Å². The van der Waals surface area contributed by atoms with Crippen LogP contribution in [0.3, 0.4) is 0 Å². The van der Waals surface area contributed by atoms with E-state index < -0.39 is 50.8 Å². The number of anilines is 1. The Balaban J connectivity index is 0.000000362. The monoisotopic (exact) mass is 588 g/mol. The van der Waals surface area contributed by atoms with E-state index in [9.17, 15) is 36.1 Å². The first kappa shape index (κ1) is 31.9. The van der Waals surface area contributed by atoms with Gasteiger partial charge in [-0.15, -0.1) is 0 Å². The number of hydrogen-bond acceptors (Lipinski definition) is 13. The third-order valence-corrected chi connectivity index (χ3v) is 13.9. The Morgan fingerprint density at radius 2 is 1.03 bits per heavy atom. The van der Waals surface area contributed by atoms with Gasteiger partial charge in [-0.1, -0.05) is 0 Å². The van der Waals surface area contributed by atoms with E-state index in [0.717, 1.165) is 52.7 Å². The van der Waals surface area contributed by atoms with Crippen LogP contribution in [0.25, 0.3) is 0 Å². The normalized spacial score (nSPS) is 12.4. The second kappa shape index (κ2) is 12.9. The first-order chi connectivity index (χ1) is 16.6. The minimum absolute atomic E-state index is 0.0287. The van der Waals surface area contributed by atoms with Gasteiger partial charge in [0.05, 0.1) is 14.7 Å². The minimum atomic E-state index is -3.92. The number of hydrogen-bond donors (Lipinski definition) is 1. The van der Waals surface area contributed by atoms with Gasteiger partial charge in [0.2, 0.25) is 0 Å². The van der Waals surface area contributed by atoms with Crippen molar-refractivity contribution in [2.24, 2.45) is 0 Å². The zero-order chi connectivity index (χ0) is 27.8. The molecular formula is C18H26N2O12P2S2. The number of sulfone groups is 2. The van der Waals surface area contributed by atoms with Crippen molar-refractivity contribution in [3.8, 4) is 0 Å². The number of nitro groups is 1. The van der Waals surface area contributed by atoms with Gasteiger partial charge in [0.1, 0.15) is 0 Å². The van der Waals surface area contributed by atoms with Crippen molar-refractivity contribution in [3.63, 3.8) is 0 Å². The third kappa shape index (κ3) is 9.05. The highest BCUT2D eigenvalue weighted by Crippen LogP contribution is 2.49. The lowest BCUT2D eigenvalue weighted by Crippen LogP contribution is -2.09. The van der Waals surface area contributed by atoms with Crippen molar-refractivity contribution in [2.75, 3.05) is 45.2 Å². The molecule has 0 unspecified atom stereocenters. The molecule has 0 radical (unpaired) electrons. The van der Waals surface area contributed by atoms with Crippen LogP contribution in [0.4, 0.5) is 11.4 Å². The summed E-state index contributed by atoms with van der Waals surface area (Å²) in [5.74, 6) is 0. The van der Waals surface area contributed by atoms with Crippen LogP contribution in [0.5, 0.6) is 0 Å². The van der Waals surface area contributed by atoms with Crippen LogP contribution < -0.4 is 5.73 Å². The number of non-ortho nitro benzene ring substituents is 1. The van der Waals surface area contributed by atoms with E-state index >= 15 is 0 Å². The SMILES string of the molecule is COP(=O)(CS(=O)(=O)c1ccc(N)cc1)OC.COP(=O)(CS(=O)(=O)c1ccc([N+](=O)[O-])cc1)OC. The lowest BCUT2D eigenvalue weighted by atomic mass is 10.3. The Morgan fingerprint density at radius 3 is 1.31 bits per heavy atom. The van der Waals surface area contributed by atoms with Crippen LogP contribution in [-0.2, 0) is 46.9 Å². The molecule has 0 bridgehead atoms.